The van der Waals surface area contributed by atoms with Crippen LogP contribution in [0.15, 0.2) is 237 Å². The van der Waals surface area contributed by atoms with Crippen molar-refractivity contribution in [3.05, 3.63) is 259 Å². The van der Waals surface area contributed by atoms with Crippen LogP contribution in [-0.4, -0.2) is 0 Å². The van der Waals surface area contributed by atoms with E-state index in [9.17, 15) is 0 Å². The normalized spacial score (nSPS) is 14.7. The van der Waals surface area contributed by atoms with Gasteiger partial charge >= 0.3 is 0 Å². The molecule has 0 atom stereocenters. The molecule has 70 heavy (non-hydrogen) atoms. The van der Waals surface area contributed by atoms with Gasteiger partial charge in [0, 0.05) is 27.9 Å². The van der Waals surface area contributed by atoms with Crippen LogP contribution in [0.5, 0.6) is 0 Å². The smallest absolute Gasteiger partial charge is 0.0465 e. The highest BCUT2D eigenvalue weighted by Gasteiger charge is 2.44. The van der Waals surface area contributed by atoms with Crippen molar-refractivity contribution in [3.8, 4) is 77.9 Å². The van der Waals surface area contributed by atoms with Crippen molar-refractivity contribution in [2.75, 3.05) is 4.90 Å². The zero-order valence-corrected chi connectivity index (χ0v) is 40.0. The average Bonchev–Trinajstić information content (AvgIpc) is 3.83. The van der Waals surface area contributed by atoms with E-state index < -0.39 is 0 Å². The Balaban J connectivity index is 0.903. The van der Waals surface area contributed by atoms with Crippen molar-refractivity contribution in [1.29, 1.82) is 0 Å². The third-order valence-corrected chi connectivity index (χ3v) is 16.1. The molecule has 0 N–H and O–H groups in total. The zero-order chi connectivity index (χ0) is 46.8. The quantitative estimate of drug-likeness (QED) is 0.147. The second kappa shape index (κ2) is 16.9. The van der Waals surface area contributed by atoms with Crippen LogP contribution in [-0.2, 0) is 10.8 Å². The fourth-order valence-electron chi connectivity index (χ4n) is 12.8. The number of nitrogens with zero attached hydrogens (tertiary/aromatic N) is 1. The number of hydrogen-bond acceptors (Lipinski definition) is 1. The van der Waals surface area contributed by atoms with Gasteiger partial charge in [-0.2, -0.15) is 0 Å². The van der Waals surface area contributed by atoms with Crippen molar-refractivity contribution < 1.29 is 0 Å². The number of fused-ring (bicyclic) bond motifs is 8. The molecule has 0 unspecified atom stereocenters. The summed E-state index contributed by atoms with van der Waals surface area (Å²) in [6.07, 6.45) is 6.24. The molecule has 1 saturated carbocycles. The average molecular weight is 898 g/mol. The van der Waals surface area contributed by atoms with Gasteiger partial charge in [0.25, 0.3) is 0 Å². The van der Waals surface area contributed by atoms with Gasteiger partial charge in [0.15, 0.2) is 0 Å². The van der Waals surface area contributed by atoms with Crippen LogP contribution in [0.3, 0.4) is 0 Å². The van der Waals surface area contributed by atoms with Crippen molar-refractivity contribution in [1.82, 2.24) is 0 Å². The lowest BCUT2D eigenvalue weighted by Crippen LogP contribution is -2.28. The minimum atomic E-state index is -0.112. The molecular formula is C69H55N. The fraction of sp³-hybridized carbons (Fsp3) is 0.130. The first-order valence-electron chi connectivity index (χ1n) is 25.3. The summed E-state index contributed by atoms with van der Waals surface area (Å²) in [5, 5.41) is 0. The third-order valence-electron chi connectivity index (χ3n) is 16.1. The van der Waals surface area contributed by atoms with Crippen molar-refractivity contribution in [3.63, 3.8) is 0 Å². The maximum absolute atomic E-state index is 2.54. The Bertz CT molecular complexity index is 3570. The zero-order valence-electron chi connectivity index (χ0n) is 40.0. The van der Waals surface area contributed by atoms with E-state index >= 15 is 0 Å². The Labute approximate surface area is 413 Å². The van der Waals surface area contributed by atoms with E-state index in [2.05, 4.69) is 255 Å². The summed E-state index contributed by atoms with van der Waals surface area (Å²) in [6.45, 7) is 4.77. The van der Waals surface area contributed by atoms with Gasteiger partial charge in [-0.25, -0.2) is 0 Å². The highest BCUT2D eigenvalue weighted by Crippen LogP contribution is 2.57. The van der Waals surface area contributed by atoms with E-state index in [1.807, 2.05) is 0 Å². The predicted molar refractivity (Wildman–Crippen MR) is 295 cm³/mol. The molecule has 1 fully saturated rings. The van der Waals surface area contributed by atoms with E-state index in [4.69, 9.17) is 0 Å². The Kier molecular flexibility index (Phi) is 10.2. The van der Waals surface area contributed by atoms with Crippen LogP contribution in [0, 0.1) is 0 Å². The first kappa shape index (κ1) is 42.1. The molecule has 0 aliphatic heterocycles. The van der Waals surface area contributed by atoms with Crippen LogP contribution in [0.25, 0.3) is 77.9 Å². The lowest BCUT2D eigenvalue weighted by Gasteiger charge is -2.36. The summed E-state index contributed by atoms with van der Waals surface area (Å²) in [5.41, 5.74) is 27.1. The monoisotopic (exact) mass is 897 g/mol. The van der Waals surface area contributed by atoms with Gasteiger partial charge in [-0.1, -0.05) is 233 Å². The van der Waals surface area contributed by atoms with Crippen LogP contribution >= 0.6 is 0 Å². The van der Waals surface area contributed by atoms with Gasteiger partial charge in [0.05, 0.1) is 0 Å². The minimum absolute atomic E-state index is 0.0554. The van der Waals surface area contributed by atoms with Gasteiger partial charge in [0.2, 0.25) is 0 Å². The number of hydrogen-bond donors (Lipinski definition) is 0. The minimum Gasteiger partial charge on any atom is -0.310 e. The van der Waals surface area contributed by atoms with Gasteiger partial charge in [-0.05, 0) is 149 Å². The van der Waals surface area contributed by atoms with Gasteiger partial charge < -0.3 is 4.90 Å². The maximum Gasteiger partial charge on any atom is 0.0465 e. The van der Waals surface area contributed by atoms with E-state index in [-0.39, 0.29) is 10.8 Å². The van der Waals surface area contributed by atoms with Gasteiger partial charge in [-0.3, -0.25) is 0 Å². The largest absolute Gasteiger partial charge is 0.310 e. The summed E-state index contributed by atoms with van der Waals surface area (Å²) < 4.78 is 0. The topological polar surface area (TPSA) is 3.24 Å². The molecule has 0 amide bonds. The molecular weight excluding hydrogens is 843 g/mol. The maximum atomic E-state index is 2.54. The van der Waals surface area contributed by atoms with Crippen molar-refractivity contribution in [2.24, 2.45) is 0 Å². The van der Waals surface area contributed by atoms with E-state index in [0.29, 0.717) is 0 Å². The van der Waals surface area contributed by atoms with E-state index in [1.54, 1.807) is 0 Å². The molecule has 13 rings (SSSR count). The lowest BCUT2D eigenvalue weighted by atomic mass is 9.68. The summed E-state index contributed by atoms with van der Waals surface area (Å²) in [5.74, 6) is 0. The molecule has 0 saturated heterocycles. The van der Waals surface area contributed by atoms with E-state index in [1.165, 1.54) is 138 Å². The molecule has 1 nitrogen and oxygen atoms in total. The molecule has 3 aliphatic carbocycles. The molecule has 0 heterocycles. The van der Waals surface area contributed by atoms with Crippen molar-refractivity contribution >= 4 is 17.1 Å². The molecule has 10 aromatic rings. The van der Waals surface area contributed by atoms with Gasteiger partial charge in [0.1, 0.15) is 0 Å². The van der Waals surface area contributed by atoms with Crippen LogP contribution in [0.2, 0.25) is 0 Å². The summed E-state index contributed by atoms with van der Waals surface area (Å²) >= 11 is 0. The Hall–Kier alpha value is -8.00. The summed E-state index contributed by atoms with van der Waals surface area (Å²) in [6, 6.07) is 88.4. The van der Waals surface area contributed by atoms with E-state index in [0.717, 1.165) is 11.4 Å². The molecule has 1 spiro atoms. The third kappa shape index (κ3) is 6.82. The van der Waals surface area contributed by atoms with Gasteiger partial charge in [-0.15, -0.1) is 0 Å². The predicted octanol–water partition coefficient (Wildman–Crippen LogP) is 19.0. The molecule has 10 aromatic carbocycles. The van der Waals surface area contributed by atoms with Crippen LogP contribution in [0.4, 0.5) is 17.1 Å². The van der Waals surface area contributed by atoms with Crippen molar-refractivity contribution in [2.45, 2.75) is 56.8 Å². The highest BCUT2D eigenvalue weighted by molar-refractivity contribution is 5.94. The Morgan fingerprint density at radius 1 is 0.286 bits per heavy atom. The Morgan fingerprint density at radius 2 is 0.686 bits per heavy atom. The highest BCUT2D eigenvalue weighted by atomic mass is 15.1. The standard InChI is InChI=1S/C69H55N/c1-68(2)64-28-13-11-25-60(64)63-27-17-26-62(67(63)68)58-23-10-9-22-57(58)51-36-40-53(41-37-51)70(54-42-43-61-59-24-12-14-29-65(59)69(66(61)46-54)44-15-4-16-45-69)52-38-34-50(35-39-52)56-21-8-7-20-55(56)49-32-30-48(31-33-49)47-18-5-3-6-19-47/h3,5-14,17-43,46H,4,15-16,44-45H2,1-2H3. The molecule has 336 valence electrons. The summed E-state index contributed by atoms with van der Waals surface area (Å²) in [4.78, 5) is 2.48. The summed E-state index contributed by atoms with van der Waals surface area (Å²) in [7, 11) is 0. The fourth-order valence-corrected chi connectivity index (χ4v) is 12.8. The first-order valence-corrected chi connectivity index (χ1v) is 25.3. The second-order valence-corrected chi connectivity index (χ2v) is 20.3. The number of anilines is 3. The molecule has 3 aliphatic rings. The number of benzene rings is 10. The Morgan fingerprint density at radius 3 is 1.29 bits per heavy atom. The number of rotatable bonds is 8. The van der Waals surface area contributed by atoms with Crippen LogP contribution in [0.1, 0.15) is 68.2 Å². The lowest BCUT2D eigenvalue weighted by molar-refractivity contribution is 0.353. The molecule has 0 bridgehead atoms. The second-order valence-electron chi connectivity index (χ2n) is 20.3. The molecule has 1 heteroatoms. The molecule has 0 aromatic heterocycles. The SMILES string of the molecule is CC1(C)c2ccccc2-c2cccc(-c3ccccc3-c3ccc(N(c4ccc(-c5ccccc5-c5ccc(-c6ccccc6)cc5)cc4)c4ccc5c(c4)C4(CCCCC4)c4ccccc4-5)cc3)c21. The molecule has 0 radical (unpaired) electrons. The first-order chi connectivity index (χ1) is 34.5. The van der Waals surface area contributed by atoms with Crippen LogP contribution < -0.4 is 4.90 Å².